The molecule has 124 valence electrons. The van der Waals surface area contributed by atoms with E-state index in [0.29, 0.717) is 11.3 Å². The van der Waals surface area contributed by atoms with Crippen molar-refractivity contribution in [3.05, 3.63) is 64.9 Å². The molecule has 3 rings (SSSR count). The number of nitrogens with zero attached hydrogens (tertiary/aromatic N) is 2. The van der Waals surface area contributed by atoms with Gasteiger partial charge in [0, 0.05) is 13.1 Å². The van der Waals surface area contributed by atoms with Crippen molar-refractivity contribution >= 4 is 17.9 Å². The van der Waals surface area contributed by atoms with Gasteiger partial charge >= 0.3 is 5.97 Å². The number of pyridine rings is 1. The summed E-state index contributed by atoms with van der Waals surface area (Å²) in [6, 6.07) is 14.2. The SMILES string of the molecule is COC(=O)c1ccc(N2CCC(=Cc3ccccc3)CC2)nc1C. The van der Waals surface area contributed by atoms with Gasteiger partial charge in [0.1, 0.15) is 5.82 Å². The molecule has 1 aromatic heterocycles. The van der Waals surface area contributed by atoms with Gasteiger partial charge in [-0.3, -0.25) is 0 Å². The van der Waals surface area contributed by atoms with Gasteiger partial charge in [0.2, 0.25) is 0 Å². The Morgan fingerprint density at radius 1 is 1.12 bits per heavy atom. The molecule has 4 nitrogen and oxygen atoms in total. The van der Waals surface area contributed by atoms with Gasteiger partial charge in [0.05, 0.1) is 18.4 Å². The minimum atomic E-state index is -0.335. The Bertz CT molecular complexity index is 743. The molecule has 0 unspecified atom stereocenters. The average molecular weight is 322 g/mol. The lowest BCUT2D eigenvalue weighted by Gasteiger charge is -2.30. The Morgan fingerprint density at radius 2 is 1.83 bits per heavy atom. The maximum atomic E-state index is 11.7. The number of carbonyl (C=O) groups is 1. The monoisotopic (exact) mass is 322 g/mol. The van der Waals surface area contributed by atoms with Gasteiger partial charge in [-0.1, -0.05) is 42.0 Å². The number of aryl methyl sites for hydroxylation is 1. The van der Waals surface area contributed by atoms with Crippen molar-refractivity contribution < 1.29 is 9.53 Å². The molecule has 1 aliphatic rings. The van der Waals surface area contributed by atoms with Gasteiger partial charge in [-0.15, -0.1) is 0 Å². The van der Waals surface area contributed by atoms with E-state index >= 15 is 0 Å². The molecule has 0 bridgehead atoms. The zero-order valence-electron chi connectivity index (χ0n) is 14.2. The fraction of sp³-hybridized carbons (Fsp3) is 0.300. The van der Waals surface area contributed by atoms with Gasteiger partial charge in [0.25, 0.3) is 0 Å². The number of esters is 1. The Balaban J connectivity index is 1.68. The number of piperidine rings is 1. The zero-order valence-corrected chi connectivity index (χ0v) is 14.2. The van der Waals surface area contributed by atoms with Crippen LogP contribution in [-0.2, 0) is 4.74 Å². The first-order valence-electron chi connectivity index (χ1n) is 8.23. The van der Waals surface area contributed by atoms with E-state index in [9.17, 15) is 4.79 Å². The van der Waals surface area contributed by atoms with Gasteiger partial charge in [-0.2, -0.15) is 0 Å². The highest BCUT2D eigenvalue weighted by molar-refractivity contribution is 5.90. The van der Waals surface area contributed by atoms with Gasteiger partial charge < -0.3 is 9.64 Å². The van der Waals surface area contributed by atoms with Crippen LogP contribution in [0.1, 0.15) is 34.5 Å². The van der Waals surface area contributed by atoms with Gasteiger partial charge in [-0.25, -0.2) is 9.78 Å². The van der Waals surface area contributed by atoms with Crippen LogP contribution in [0.25, 0.3) is 6.08 Å². The molecule has 1 aliphatic heterocycles. The molecule has 0 aliphatic carbocycles. The van der Waals surface area contributed by atoms with Crippen LogP contribution in [0.4, 0.5) is 5.82 Å². The first kappa shape index (κ1) is 16.2. The second kappa shape index (κ2) is 7.30. The van der Waals surface area contributed by atoms with E-state index < -0.39 is 0 Å². The van der Waals surface area contributed by atoms with Crippen molar-refractivity contribution in [3.8, 4) is 0 Å². The van der Waals surface area contributed by atoms with Crippen LogP contribution < -0.4 is 4.90 Å². The molecule has 2 heterocycles. The largest absolute Gasteiger partial charge is 0.465 e. The number of benzene rings is 1. The summed E-state index contributed by atoms with van der Waals surface area (Å²) < 4.78 is 4.77. The van der Waals surface area contributed by atoms with Crippen molar-refractivity contribution in [3.63, 3.8) is 0 Å². The summed E-state index contributed by atoms with van der Waals surface area (Å²) in [5, 5.41) is 0. The normalized spacial score (nSPS) is 14.4. The van der Waals surface area contributed by atoms with Crippen molar-refractivity contribution in [2.75, 3.05) is 25.1 Å². The molecule has 1 aromatic carbocycles. The summed E-state index contributed by atoms with van der Waals surface area (Å²) >= 11 is 0. The van der Waals surface area contributed by atoms with Crippen LogP contribution in [0.15, 0.2) is 48.0 Å². The predicted molar refractivity (Wildman–Crippen MR) is 96.2 cm³/mol. The number of methoxy groups -OCH3 is 1. The average Bonchev–Trinajstić information content (AvgIpc) is 2.62. The first-order chi connectivity index (χ1) is 11.7. The van der Waals surface area contributed by atoms with Crippen LogP contribution in [0.2, 0.25) is 0 Å². The highest BCUT2D eigenvalue weighted by Crippen LogP contribution is 2.24. The Kier molecular flexibility index (Phi) is 4.94. The van der Waals surface area contributed by atoms with E-state index in [0.717, 1.165) is 31.7 Å². The number of hydrogen-bond donors (Lipinski definition) is 0. The summed E-state index contributed by atoms with van der Waals surface area (Å²) in [5.74, 6) is 0.595. The molecule has 4 heteroatoms. The maximum absolute atomic E-state index is 11.7. The van der Waals surface area contributed by atoms with E-state index in [4.69, 9.17) is 4.74 Å². The predicted octanol–water partition coefficient (Wildman–Crippen LogP) is 3.86. The van der Waals surface area contributed by atoms with E-state index in [2.05, 4.69) is 40.2 Å². The lowest BCUT2D eigenvalue weighted by Crippen LogP contribution is -2.31. The summed E-state index contributed by atoms with van der Waals surface area (Å²) in [5.41, 5.74) is 3.98. The third kappa shape index (κ3) is 3.65. The van der Waals surface area contributed by atoms with Crippen LogP contribution in [0.5, 0.6) is 0 Å². The second-order valence-electron chi connectivity index (χ2n) is 5.99. The molecular weight excluding hydrogens is 300 g/mol. The molecule has 0 radical (unpaired) electrons. The van der Waals surface area contributed by atoms with Crippen LogP contribution >= 0.6 is 0 Å². The quantitative estimate of drug-likeness (QED) is 0.805. The minimum absolute atomic E-state index is 0.335. The molecule has 1 fully saturated rings. The third-order valence-electron chi connectivity index (χ3n) is 4.38. The summed E-state index contributed by atoms with van der Waals surface area (Å²) in [4.78, 5) is 18.5. The van der Waals surface area contributed by atoms with E-state index in [1.54, 1.807) is 6.07 Å². The number of rotatable bonds is 3. The van der Waals surface area contributed by atoms with Crippen molar-refractivity contribution in [1.29, 1.82) is 0 Å². The second-order valence-corrected chi connectivity index (χ2v) is 5.99. The van der Waals surface area contributed by atoms with E-state index in [1.807, 2.05) is 19.1 Å². The lowest BCUT2D eigenvalue weighted by atomic mass is 10.0. The minimum Gasteiger partial charge on any atom is -0.465 e. The number of carbonyl (C=O) groups excluding carboxylic acids is 1. The molecule has 0 saturated carbocycles. The summed E-state index contributed by atoms with van der Waals surface area (Å²) in [6.07, 6.45) is 4.36. The van der Waals surface area contributed by atoms with Crippen molar-refractivity contribution in [2.45, 2.75) is 19.8 Å². The fourth-order valence-corrected chi connectivity index (χ4v) is 3.00. The molecule has 24 heavy (non-hydrogen) atoms. The zero-order chi connectivity index (χ0) is 16.9. The lowest BCUT2D eigenvalue weighted by molar-refractivity contribution is 0.0599. The fourth-order valence-electron chi connectivity index (χ4n) is 3.00. The molecule has 0 amide bonds. The molecule has 2 aromatic rings. The van der Waals surface area contributed by atoms with E-state index in [-0.39, 0.29) is 5.97 Å². The molecular formula is C20H22N2O2. The topological polar surface area (TPSA) is 42.4 Å². The Labute approximate surface area is 142 Å². The smallest absolute Gasteiger partial charge is 0.339 e. The van der Waals surface area contributed by atoms with Gasteiger partial charge in [-0.05, 0) is 37.5 Å². The molecule has 0 atom stereocenters. The van der Waals surface area contributed by atoms with Crippen molar-refractivity contribution in [1.82, 2.24) is 4.98 Å². The van der Waals surface area contributed by atoms with E-state index in [1.165, 1.54) is 18.2 Å². The highest BCUT2D eigenvalue weighted by Gasteiger charge is 2.17. The highest BCUT2D eigenvalue weighted by atomic mass is 16.5. The molecule has 0 spiro atoms. The first-order valence-corrected chi connectivity index (χ1v) is 8.23. The summed E-state index contributed by atoms with van der Waals surface area (Å²) in [7, 11) is 1.39. The summed E-state index contributed by atoms with van der Waals surface area (Å²) in [6.45, 7) is 3.74. The maximum Gasteiger partial charge on any atom is 0.339 e. The number of ether oxygens (including phenoxy) is 1. The molecule has 1 saturated heterocycles. The molecule has 0 N–H and O–H groups in total. The number of aromatic nitrogens is 1. The third-order valence-corrected chi connectivity index (χ3v) is 4.38. The number of hydrogen-bond acceptors (Lipinski definition) is 4. The van der Waals surface area contributed by atoms with Crippen molar-refractivity contribution in [2.24, 2.45) is 0 Å². The Morgan fingerprint density at radius 3 is 2.46 bits per heavy atom. The van der Waals surface area contributed by atoms with Crippen LogP contribution in [0.3, 0.4) is 0 Å². The standard InChI is InChI=1S/C20H22N2O2/c1-15-18(20(23)24-2)8-9-19(21-15)22-12-10-17(11-13-22)14-16-6-4-3-5-7-16/h3-9,14H,10-13H2,1-2H3. The van der Waals surface area contributed by atoms with Crippen LogP contribution in [0, 0.1) is 6.92 Å². The van der Waals surface area contributed by atoms with Crippen LogP contribution in [-0.4, -0.2) is 31.2 Å². The number of anilines is 1. The van der Waals surface area contributed by atoms with Gasteiger partial charge in [0.15, 0.2) is 0 Å². The Hall–Kier alpha value is -2.62.